The van der Waals surface area contributed by atoms with E-state index in [0.29, 0.717) is 0 Å². The number of hydrogen-bond acceptors (Lipinski definition) is 0. The molecule has 0 saturated heterocycles. The van der Waals surface area contributed by atoms with Crippen LogP contribution in [-0.4, -0.2) is 5.87 Å². The van der Waals surface area contributed by atoms with E-state index in [-0.39, 0.29) is 0 Å². The molecule has 0 amide bonds. The fraction of sp³-hybridized carbons (Fsp3) is 0.0909. The third kappa shape index (κ3) is 1.28. The van der Waals surface area contributed by atoms with Crippen molar-refractivity contribution in [3.05, 3.63) is 41.8 Å². The van der Waals surface area contributed by atoms with Crippen LogP contribution in [0.2, 0.25) is 0 Å². The lowest BCUT2D eigenvalue weighted by molar-refractivity contribution is 1.15. The average molecular weight is 174 g/mol. The van der Waals surface area contributed by atoms with Gasteiger partial charge >= 0.3 is 0 Å². The standard InChI is InChI=1S/C11H10S/c1-12-11-7-6-9-4-2-3-5-10(9)8-11/h2-4,6-8H,1,5H2. The smallest absolute Gasteiger partial charge is 0.227 e. The first-order valence-corrected chi connectivity index (χ1v) is 4.93. The van der Waals surface area contributed by atoms with Crippen LogP contribution < -0.4 is 0 Å². The van der Waals surface area contributed by atoms with Crippen LogP contribution in [0.25, 0.3) is 6.08 Å². The van der Waals surface area contributed by atoms with E-state index in [2.05, 4.69) is 42.6 Å². The maximum Gasteiger partial charge on any atom is 0.230 e. The molecule has 2 rings (SSSR count). The van der Waals surface area contributed by atoms with Crippen LogP contribution in [0.15, 0.2) is 29.2 Å². The fourth-order valence-electron chi connectivity index (χ4n) is 1.38. The molecule has 60 valence electrons. The van der Waals surface area contributed by atoms with Gasteiger partial charge in [-0.2, -0.15) is 0 Å². The molecule has 0 spiro atoms. The van der Waals surface area contributed by atoms with Crippen molar-refractivity contribution in [3.8, 4) is 0 Å². The Morgan fingerprint density at radius 2 is 2.33 bits per heavy atom. The molecule has 0 aromatic heterocycles. The minimum absolute atomic E-state index is 1.06. The summed E-state index contributed by atoms with van der Waals surface area (Å²) in [6.45, 7) is 0. The summed E-state index contributed by atoms with van der Waals surface area (Å²) in [6, 6.07) is 6.49. The summed E-state index contributed by atoms with van der Waals surface area (Å²) in [5.74, 6) is 3.79. The van der Waals surface area contributed by atoms with Crippen LogP contribution in [0.3, 0.4) is 0 Å². The number of allylic oxidation sites excluding steroid dienone is 1. The predicted octanol–water partition coefficient (Wildman–Crippen LogP) is 2.33. The molecule has 0 heterocycles. The van der Waals surface area contributed by atoms with Crippen molar-refractivity contribution in [1.82, 2.24) is 0 Å². The van der Waals surface area contributed by atoms with Gasteiger partial charge in [0.1, 0.15) is 0 Å². The number of fused-ring (bicyclic) bond motifs is 1. The van der Waals surface area contributed by atoms with E-state index in [1.165, 1.54) is 16.0 Å². The molecule has 1 aromatic rings. The first kappa shape index (κ1) is 7.56. The summed E-state index contributed by atoms with van der Waals surface area (Å²) in [6.07, 6.45) is 7.50. The Labute approximate surface area is 76.9 Å². The first-order valence-electron chi connectivity index (χ1n) is 3.95. The van der Waals surface area contributed by atoms with Gasteiger partial charge in [0.25, 0.3) is 0 Å². The van der Waals surface area contributed by atoms with E-state index in [4.69, 9.17) is 0 Å². The van der Waals surface area contributed by atoms with Gasteiger partial charge in [-0.15, -0.1) is 5.56 Å². The monoisotopic (exact) mass is 174 g/mol. The summed E-state index contributed by atoms with van der Waals surface area (Å²) < 4.78 is 0. The Hall–Kier alpha value is -1.08. The molecule has 0 N–H and O–H groups in total. The highest BCUT2D eigenvalue weighted by molar-refractivity contribution is 7.76. The molecule has 1 aromatic carbocycles. The van der Waals surface area contributed by atoms with Gasteiger partial charge in [-0.05, 0) is 0 Å². The highest BCUT2D eigenvalue weighted by Crippen LogP contribution is 2.19. The second-order valence-corrected chi connectivity index (χ2v) is 3.56. The van der Waals surface area contributed by atoms with Crippen LogP contribution >= 0.6 is 0 Å². The van der Waals surface area contributed by atoms with Gasteiger partial charge in [-0.3, -0.25) is 0 Å². The van der Waals surface area contributed by atoms with Gasteiger partial charge in [0.05, 0.1) is 0 Å². The minimum Gasteiger partial charge on any atom is -0.227 e. The van der Waals surface area contributed by atoms with Crippen molar-refractivity contribution < 1.29 is 0 Å². The van der Waals surface area contributed by atoms with Gasteiger partial charge < -0.3 is 0 Å². The van der Waals surface area contributed by atoms with Crippen LogP contribution in [0.4, 0.5) is 0 Å². The quantitative estimate of drug-likeness (QED) is 0.348. The molecule has 1 aliphatic rings. The Bertz CT molecular complexity index is 337. The fourth-order valence-corrected chi connectivity index (χ4v) is 1.77. The Kier molecular flexibility index (Phi) is 1.96. The lowest BCUT2D eigenvalue weighted by atomic mass is 9.98. The highest BCUT2D eigenvalue weighted by atomic mass is 32.1. The molecule has 0 atom stereocenters. The molecule has 0 nitrogen and oxygen atoms in total. The first-order chi connectivity index (χ1) is 5.90. The molecule has 0 fully saturated rings. The second-order valence-electron chi connectivity index (χ2n) is 2.80. The van der Waals surface area contributed by atoms with E-state index in [9.17, 15) is 0 Å². The highest BCUT2D eigenvalue weighted by Gasteiger charge is 2.03. The van der Waals surface area contributed by atoms with Gasteiger partial charge in [-0.1, -0.05) is 18.1 Å². The lowest BCUT2D eigenvalue weighted by Gasteiger charge is -2.15. The van der Waals surface area contributed by atoms with Crippen LogP contribution in [0, 0.1) is 6.42 Å². The molecular formula is C11H10S. The van der Waals surface area contributed by atoms with E-state index in [0.717, 1.165) is 6.42 Å². The van der Waals surface area contributed by atoms with Crippen LogP contribution in [-0.2, 0) is 17.8 Å². The third-order valence-electron chi connectivity index (χ3n) is 2.03. The second kappa shape index (κ2) is 3.11. The Morgan fingerprint density at radius 3 is 3.17 bits per heavy atom. The largest absolute Gasteiger partial charge is 0.230 e. The molecule has 0 aliphatic heterocycles. The van der Waals surface area contributed by atoms with Gasteiger partial charge in [0.15, 0.2) is 5.87 Å². The van der Waals surface area contributed by atoms with Crippen LogP contribution in [0.5, 0.6) is 0 Å². The summed E-state index contributed by atoms with van der Waals surface area (Å²) in [4.78, 5) is 1.25. The molecule has 1 aliphatic carbocycles. The topological polar surface area (TPSA) is 0 Å². The maximum atomic E-state index is 3.79. The number of benzene rings is 1. The van der Waals surface area contributed by atoms with Crippen molar-refractivity contribution in [2.24, 2.45) is 0 Å². The zero-order valence-corrected chi connectivity index (χ0v) is 7.60. The number of rotatable bonds is 1. The summed E-state index contributed by atoms with van der Waals surface area (Å²) in [5.41, 5.74) is 2.75. The zero-order valence-electron chi connectivity index (χ0n) is 6.79. The van der Waals surface area contributed by atoms with Crippen molar-refractivity contribution in [3.63, 3.8) is 0 Å². The Balaban J connectivity index is 2.50. The summed E-state index contributed by atoms with van der Waals surface area (Å²) in [5, 5.41) is 0. The number of hydrogen-bond donors (Lipinski definition) is 0. The minimum atomic E-state index is 1.06. The van der Waals surface area contributed by atoms with E-state index in [1.807, 2.05) is 0 Å². The van der Waals surface area contributed by atoms with Crippen LogP contribution in [0.1, 0.15) is 11.1 Å². The SMILES string of the molecule is C=[S+]c1ccc2c(c1)C[CH-]C=C2. The van der Waals surface area contributed by atoms with Gasteiger partial charge in [0, 0.05) is 12.1 Å². The summed E-state index contributed by atoms with van der Waals surface area (Å²) >= 11 is 1.55. The van der Waals surface area contributed by atoms with E-state index in [1.54, 1.807) is 11.4 Å². The van der Waals surface area contributed by atoms with E-state index < -0.39 is 0 Å². The molecular weight excluding hydrogens is 164 g/mol. The van der Waals surface area contributed by atoms with Crippen molar-refractivity contribution in [2.75, 3.05) is 0 Å². The summed E-state index contributed by atoms with van der Waals surface area (Å²) in [7, 11) is 0. The van der Waals surface area contributed by atoms with Crippen molar-refractivity contribution in [1.29, 1.82) is 0 Å². The third-order valence-corrected chi connectivity index (χ3v) is 2.62. The lowest BCUT2D eigenvalue weighted by Crippen LogP contribution is -1.94. The molecule has 12 heavy (non-hydrogen) atoms. The predicted molar refractivity (Wildman–Crippen MR) is 56.2 cm³/mol. The van der Waals surface area contributed by atoms with E-state index >= 15 is 0 Å². The van der Waals surface area contributed by atoms with Crippen molar-refractivity contribution in [2.45, 2.75) is 11.3 Å². The molecule has 0 radical (unpaired) electrons. The molecule has 1 heteroatoms. The maximum absolute atomic E-state index is 3.79. The normalized spacial score (nSPS) is 13.3. The van der Waals surface area contributed by atoms with Gasteiger partial charge in [-0.25, -0.2) is 18.6 Å². The molecule has 0 saturated carbocycles. The molecule has 0 unspecified atom stereocenters. The zero-order chi connectivity index (χ0) is 8.39. The molecule has 0 bridgehead atoms. The van der Waals surface area contributed by atoms with Crippen molar-refractivity contribution >= 4 is 23.3 Å². The Morgan fingerprint density at radius 1 is 1.42 bits per heavy atom. The average Bonchev–Trinajstić information content (AvgIpc) is 2.17. The van der Waals surface area contributed by atoms with Gasteiger partial charge in [0.2, 0.25) is 16.2 Å².